The van der Waals surface area contributed by atoms with Gasteiger partial charge in [0.15, 0.2) is 0 Å². The van der Waals surface area contributed by atoms with Gasteiger partial charge in [0.1, 0.15) is 22.4 Å². The van der Waals surface area contributed by atoms with Crippen molar-refractivity contribution in [1.82, 2.24) is 14.7 Å². The fraction of sp³-hybridized carbons (Fsp3) is 0.674. The molecular weight excluding hydrogens is 686 g/mol. The summed E-state index contributed by atoms with van der Waals surface area (Å²) in [5, 5.41) is 0. The van der Waals surface area contributed by atoms with Gasteiger partial charge in [-0.3, -0.25) is 33.9 Å². The summed E-state index contributed by atoms with van der Waals surface area (Å²) in [6.45, 7) is 23.0. The molecule has 0 saturated carbocycles. The molecular formula is C43H67N3O8. The molecule has 0 heterocycles. The van der Waals surface area contributed by atoms with Gasteiger partial charge in [-0.2, -0.15) is 0 Å². The number of rotatable bonds is 15. The maximum absolute atomic E-state index is 13.6. The van der Waals surface area contributed by atoms with Crippen LogP contribution in [0.3, 0.4) is 0 Å². The summed E-state index contributed by atoms with van der Waals surface area (Å²) in [4.78, 5) is 58.7. The molecule has 0 radical (unpaired) electrons. The predicted octanol–water partition coefficient (Wildman–Crippen LogP) is 6.31. The Labute approximate surface area is 324 Å². The topological polar surface area (TPSA) is 115 Å². The van der Waals surface area contributed by atoms with E-state index >= 15 is 0 Å². The highest BCUT2D eigenvalue weighted by Gasteiger charge is 2.38. The molecule has 1 aromatic carbocycles. The number of hydrogen-bond donors (Lipinski definition) is 0. The highest BCUT2D eigenvalue weighted by Crippen LogP contribution is 2.43. The number of ether oxygens (including phenoxy) is 4. The number of nitrogens with zero attached hydrogens (tertiary/aromatic N) is 3. The fourth-order valence-corrected chi connectivity index (χ4v) is 6.88. The van der Waals surface area contributed by atoms with Gasteiger partial charge in [-0.15, -0.1) is 0 Å². The van der Waals surface area contributed by atoms with E-state index in [-0.39, 0.29) is 50.7 Å². The van der Waals surface area contributed by atoms with E-state index in [1.54, 1.807) is 46.4 Å². The third kappa shape index (κ3) is 16.4. The molecule has 0 spiro atoms. The highest BCUT2D eigenvalue weighted by atomic mass is 16.6. The number of allylic oxidation sites excluding steroid dienone is 3. The number of aryl methyl sites for hydroxylation is 1. The minimum Gasteiger partial charge on any atom is -0.459 e. The summed E-state index contributed by atoms with van der Waals surface area (Å²) in [7, 11) is 0. The van der Waals surface area contributed by atoms with Crippen LogP contribution < -0.4 is 0 Å². The minimum absolute atomic E-state index is 0.0276. The zero-order valence-corrected chi connectivity index (χ0v) is 35.0. The molecule has 3 atom stereocenters. The van der Waals surface area contributed by atoms with E-state index < -0.39 is 40.3 Å². The van der Waals surface area contributed by atoms with E-state index in [9.17, 15) is 19.2 Å². The number of fused-ring (bicyclic) bond motifs is 2. The predicted molar refractivity (Wildman–Crippen MR) is 211 cm³/mol. The van der Waals surface area contributed by atoms with E-state index in [2.05, 4.69) is 53.5 Å². The molecule has 3 rings (SSSR count). The lowest BCUT2D eigenvalue weighted by molar-refractivity contribution is -0.161. The Morgan fingerprint density at radius 1 is 0.574 bits per heavy atom. The first-order valence-electron chi connectivity index (χ1n) is 19.4. The van der Waals surface area contributed by atoms with Crippen molar-refractivity contribution >= 4 is 23.9 Å². The summed E-state index contributed by atoms with van der Waals surface area (Å²) in [5.74, 6) is -1.24. The van der Waals surface area contributed by atoms with Crippen LogP contribution in [0.25, 0.3) is 0 Å². The normalized spacial score (nSPS) is 18.9. The third-order valence-corrected chi connectivity index (χ3v) is 8.68. The molecule has 0 bridgehead atoms. The SMILES string of the molecule is CC(C)(C)OC(=O)CN(CCN(CC(=O)OC(C)(C)C)CC(=O)OC(C)(C)C)CCN(CC(=O)OC(C)(C)C)C1c2ccccc2CCC2C=CC=CC21. The van der Waals surface area contributed by atoms with Crippen molar-refractivity contribution in [3.05, 3.63) is 59.7 Å². The maximum Gasteiger partial charge on any atom is 0.320 e. The average molecular weight is 754 g/mol. The highest BCUT2D eigenvalue weighted by molar-refractivity contribution is 5.75. The van der Waals surface area contributed by atoms with Crippen LogP contribution in [-0.2, 0) is 44.5 Å². The second-order valence-electron chi connectivity index (χ2n) is 18.5. The molecule has 1 aromatic rings. The second-order valence-corrected chi connectivity index (χ2v) is 18.5. The van der Waals surface area contributed by atoms with Crippen LogP contribution in [0.2, 0.25) is 0 Å². The van der Waals surface area contributed by atoms with Crippen LogP contribution in [0.15, 0.2) is 48.6 Å². The lowest BCUT2D eigenvalue weighted by Crippen LogP contribution is -2.48. The molecule has 11 heteroatoms. The third-order valence-electron chi connectivity index (χ3n) is 8.68. The summed E-state index contributed by atoms with van der Waals surface area (Å²) in [5.41, 5.74) is -0.298. The zero-order valence-electron chi connectivity index (χ0n) is 35.0. The van der Waals surface area contributed by atoms with Gasteiger partial charge in [-0.05, 0) is 113 Å². The van der Waals surface area contributed by atoms with Crippen molar-refractivity contribution in [2.45, 2.75) is 124 Å². The van der Waals surface area contributed by atoms with Crippen molar-refractivity contribution in [1.29, 1.82) is 0 Å². The standard InChI is InChI=1S/C43H67N3O8/c1-40(2,3)51-35(47)27-44(23-24-45(28-36(48)52-41(4,5)6)29-37(49)53-42(7,8)9)25-26-46(30-38(50)54-43(10,11)12)39-33-19-15-13-17-31(33)21-22-32-18-14-16-20-34(32)39/h13-20,31,33,39H,21-30H2,1-12H3. The Hall–Kier alpha value is -3.54. The molecule has 11 nitrogen and oxygen atoms in total. The number of benzene rings is 1. The second kappa shape index (κ2) is 18.9. The van der Waals surface area contributed by atoms with Crippen LogP contribution >= 0.6 is 0 Å². The van der Waals surface area contributed by atoms with E-state index in [4.69, 9.17) is 18.9 Å². The van der Waals surface area contributed by atoms with Crippen LogP contribution in [0.1, 0.15) is 107 Å². The quantitative estimate of drug-likeness (QED) is 0.148. The first kappa shape index (κ1) is 44.9. The lowest BCUT2D eigenvalue weighted by atomic mass is 9.79. The average Bonchev–Trinajstić information content (AvgIpc) is 3.15. The Morgan fingerprint density at radius 2 is 1.00 bits per heavy atom. The van der Waals surface area contributed by atoms with Gasteiger partial charge in [0.2, 0.25) is 0 Å². The monoisotopic (exact) mass is 753 g/mol. The molecule has 3 unspecified atom stereocenters. The molecule has 2 aliphatic carbocycles. The number of carbonyl (C=O) groups excluding carboxylic acids is 4. The van der Waals surface area contributed by atoms with Gasteiger partial charge < -0.3 is 18.9 Å². The molecule has 0 fully saturated rings. The van der Waals surface area contributed by atoms with E-state index in [1.165, 1.54) is 11.1 Å². The maximum atomic E-state index is 13.6. The molecule has 302 valence electrons. The van der Waals surface area contributed by atoms with Gasteiger partial charge in [0, 0.05) is 38.1 Å². The van der Waals surface area contributed by atoms with Crippen LogP contribution in [0.5, 0.6) is 0 Å². The Balaban J connectivity index is 1.96. The fourth-order valence-electron chi connectivity index (χ4n) is 6.88. The van der Waals surface area contributed by atoms with Crippen LogP contribution in [-0.4, -0.2) is 113 Å². The van der Waals surface area contributed by atoms with Crippen molar-refractivity contribution < 1.29 is 38.1 Å². The van der Waals surface area contributed by atoms with Crippen molar-refractivity contribution in [2.24, 2.45) is 11.8 Å². The Morgan fingerprint density at radius 3 is 1.52 bits per heavy atom. The summed E-state index contributed by atoms with van der Waals surface area (Å²) >= 11 is 0. The molecule has 0 saturated heterocycles. The molecule has 0 aromatic heterocycles. The Bertz CT molecular complexity index is 1460. The van der Waals surface area contributed by atoms with Crippen molar-refractivity contribution in [3.63, 3.8) is 0 Å². The van der Waals surface area contributed by atoms with E-state index in [0.29, 0.717) is 25.6 Å². The lowest BCUT2D eigenvalue weighted by Gasteiger charge is -2.40. The summed E-state index contributed by atoms with van der Waals surface area (Å²) < 4.78 is 22.8. The first-order valence-corrected chi connectivity index (χ1v) is 19.4. The van der Waals surface area contributed by atoms with Crippen LogP contribution in [0, 0.1) is 11.8 Å². The van der Waals surface area contributed by atoms with Crippen molar-refractivity contribution in [3.8, 4) is 0 Å². The molecule has 54 heavy (non-hydrogen) atoms. The van der Waals surface area contributed by atoms with Crippen molar-refractivity contribution in [2.75, 3.05) is 52.4 Å². The van der Waals surface area contributed by atoms with Crippen LogP contribution in [0.4, 0.5) is 0 Å². The largest absolute Gasteiger partial charge is 0.459 e. The molecule has 0 amide bonds. The first-order chi connectivity index (χ1) is 24.9. The zero-order chi connectivity index (χ0) is 40.5. The Kier molecular flexibility index (Phi) is 15.7. The van der Waals surface area contributed by atoms with Gasteiger partial charge in [-0.25, -0.2) is 0 Å². The molecule has 0 N–H and O–H groups in total. The summed E-state index contributed by atoms with van der Waals surface area (Å²) in [6, 6.07) is 8.34. The van der Waals surface area contributed by atoms with Gasteiger partial charge in [-0.1, -0.05) is 48.6 Å². The number of hydrogen-bond acceptors (Lipinski definition) is 11. The summed E-state index contributed by atoms with van der Waals surface area (Å²) in [6.07, 6.45) is 10.6. The van der Waals surface area contributed by atoms with E-state index in [1.807, 2.05) is 46.4 Å². The number of carbonyl (C=O) groups is 4. The minimum atomic E-state index is -0.700. The molecule has 0 aliphatic heterocycles. The smallest absolute Gasteiger partial charge is 0.320 e. The molecule has 2 aliphatic rings. The number of esters is 4. The van der Waals surface area contributed by atoms with Gasteiger partial charge in [0.25, 0.3) is 0 Å². The van der Waals surface area contributed by atoms with Gasteiger partial charge >= 0.3 is 23.9 Å². The van der Waals surface area contributed by atoms with E-state index in [0.717, 1.165) is 12.8 Å². The van der Waals surface area contributed by atoms with Gasteiger partial charge in [0.05, 0.1) is 26.2 Å².